The van der Waals surface area contributed by atoms with Crippen molar-refractivity contribution in [3.05, 3.63) is 42.5 Å². The first-order chi connectivity index (χ1) is 8.79. The van der Waals surface area contributed by atoms with Crippen LogP contribution in [0.1, 0.15) is 13.3 Å². The fourth-order valence-corrected chi connectivity index (χ4v) is 11.2. The molecule has 0 N–H and O–H groups in total. The Balaban J connectivity index is 2.42. The van der Waals surface area contributed by atoms with Crippen molar-refractivity contribution in [2.45, 2.75) is 36.9 Å². The number of Topliss-reactive ketones (excluding diaryl/α,β-unsaturated/α-hetero) is 1. The third kappa shape index (κ3) is 2.40. The van der Waals surface area contributed by atoms with E-state index in [1.54, 1.807) is 6.92 Å². The number of carbonyl (C=O) groups is 1. The number of ketones is 1. The van der Waals surface area contributed by atoms with Crippen LogP contribution < -0.4 is 4.46 Å². The van der Waals surface area contributed by atoms with Gasteiger partial charge in [0.15, 0.2) is 0 Å². The van der Waals surface area contributed by atoms with Crippen molar-refractivity contribution in [2.75, 3.05) is 0 Å². The number of rotatable bonds is 4. The van der Waals surface area contributed by atoms with Crippen LogP contribution in [-0.2, 0) is 4.79 Å². The van der Waals surface area contributed by atoms with E-state index >= 15 is 0 Å². The molecule has 0 spiro atoms. The molecule has 2 atom stereocenters. The van der Waals surface area contributed by atoms with Crippen LogP contribution in [-0.4, -0.2) is 28.8 Å². The van der Waals surface area contributed by atoms with Crippen molar-refractivity contribution in [1.29, 1.82) is 0 Å². The zero-order valence-electron chi connectivity index (χ0n) is 12.2. The van der Waals surface area contributed by atoms with Gasteiger partial charge >= 0.3 is 123 Å². The predicted molar refractivity (Wildman–Crippen MR) is 85.8 cm³/mol. The van der Waals surface area contributed by atoms with E-state index in [0.29, 0.717) is 20.7 Å². The van der Waals surface area contributed by atoms with E-state index in [0.717, 1.165) is 6.42 Å². The molecule has 1 saturated carbocycles. The second-order valence-corrected chi connectivity index (χ2v) is 15.2. The van der Waals surface area contributed by atoms with Crippen molar-refractivity contribution in [3.63, 3.8) is 0 Å². The molecule has 0 bridgehead atoms. The molecular formula is C16H22OSeSi. The van der Waals surface area contributed by atoms with Crippen molar-refractivity contribution < 1.29 is 4.79 Å². The van der Waals surface area contributed by atoms with Crippen LogP contribution in [0.15, 0.2) is 42.5 Å². The summed E-state index contributed by atoms with van der Waals surface area (Å²) in [5.74, 6) is 0.569. The van der Waals surface area contributed by atoms with Gasteiger partial charge in [0.25, 0.3) is 0 Å². The van der Waals surface area contributed by atoms with Gasteiger partial charge in [0.05, 0.1) is 0 Å². The van der Waals surface area contributed by atoms with Gasteiger partial charge in [0, 0.05) is 0 Å². The maximum absolute atomic E-state index is 12.0. The van der Waals surface area contributed by atoms with Crippen LogP contribution in [0, 0.1) is 5.92 Å². The van der Waals surface area contributed by atoms with Gasteiger partial charge in [0.1, 0.15) is 0 Å². The molecule has 0 saturated heterocycles. The van der Waals surface area contributed by atoms with Crippen molar-refractivity contribution in [2.24, 2.45) is 5.92 Å². The number of hydrogen-bond donors (Lipinski definition) is 0. The van der Waals surface area contributed by atoms with Crippen LogP contribution in [0.25, 0.3) is 0 Å². The van der Waals surface area contributed by atoms with Crippen molar-refractivity contribution in [1.82, 2.24) is 0 Å². The second kappa shape index (κ2) is 5.04. The quantitative estimate of drug-likeness (QED) is 0.609. The Kier molecular flexibility index (Phi) is 3.92. The van der Waals surface area contributed by atoms with E-state index in [1.165, 1.54) is 10.0 Å². The number of carbonyl (C=O) groups excluding carboxylic acids is 1. The van der Waals surface area contributed by atoms with Crippen LogP contribution in [0.3, 0.4) is 0 Å². The predicted octanol–water partition coefficient (Wildman–Crippen LogP) is 3.22. The molecule has 1 fully saturated rings. The zero-order chi connectivity index (χ0) is 14.3. The first-order valence-electron chi connectivity index (χ1n) is 6.72. The molecule has 0 aliphatic heterocycles. The van der Waals surface area contributed by atoms with Crippen LogP contribution in [0.5, 0.6) is 0 Å². The summed E-state index contributed by atoms with van der Waals surface area (Å²) < 4.78 is 1.51. The van der Waals surface area contributed by atoms with Gasteiger partial charge < -0.3 is 0 Å². The molecule has 1 aromatic rings. The van der Waals surface area contributed by atoms with E-state index in [1.807, 2.05) is 0 Å². The number of benzene rings is 1. The van der Waals surface area contributed by atoms with Gasteiger partial charge in [-0.1, -0.05) is 0 Å². The van der Waals surface area contributed by atoms with Gasteiger partial charge in [-0.3, -0.25) is 0 Å². The van der Waals surface area contributed by atoms with Crippen LogP contribution in [0.2, 0.25) is 23.6 Å². The molecule has 19 heavy (non-hydrogen) atoms. The molecule has 3 heteroatoms. The summed E-state index contributed by atoms with van der Waals surface area (Å²) in [5, 5.41) is 0. The van der Waals surface area contributed by atoms with Gasteiger partial charge in [-0.15, -0.1) is 0 Å². The van der Waals surface area contributed by atoms with Crippen LogP contribution >= 0.6 is 0 Å². The standard InChI is InChI=1S/C16H22OSeSi/c1-12-11-15(13(2)17)16(12,19(3,4)5)18-14-9-7-6-8-10-14/h6-10,15H,1,11H2,2-5H3/t15-,16+/m1/s1. The van der Waals surface area contributed by atoms with Gasteiger partial charge in [-0.2, -0.15) is 0 Å². The van der Waals surface area contributed by atoms with Gasteiger partial charge in [0.2, 0.25) is 0 Å². The fraction of sp³-hybridized carbons (Fsp3) is 0.438. The topological polar surface area (TPSA) is 17.1 Å². The Morgan fingerprint density at radius 2 is 1.89 bits per heavy atom. The fourth-order valence-electron chi connectivity index (χ4n) is 3.11. The SMILES string of the molecule is C=C1C[C@H](C(C)=O)[C@@]1([Se]c1ccccc1)[Si](C)(C)C. The monoisotopic (exact) mass is 338 g/mol. The molecule has 1 aromatic carbocycles. The zero-order valence-corrected chi connectivity index (χ0v) is 14.9. The second-order valence-electron chi connectivity index (χ2n) is 6.37. The molecule has 0 heterocycles. The average molecular weight is 337 g/mol. The molecule has 102 valence electrons. The Bertz CT molecular complexity index is 503. The summed E-state index contributed by atoms with van der Waals surface area (Å²) in [6.07, 6.45) is 0.911. The first kappa shape index (κ1) is 14.8. The minimum absolute atomic E-state index is 0.118. The molecule has 1 aliphatic rings. The Morgan fingerprint density at radius 3 is 2.32 bits per heavy atom. The van der Waals surface area contributed by atoms with E-state index in [4.69, 9.17) is 0 Å². The third-order valence-corrected chi connectivity index (χ3v) is 14.4. The van der Waals surface area contributed by atoms with Gasteiger partial charge in [-0.05, 0) is 0 Å². The van der Waals surface area contributed by atoms with E-state index in [9.17, 15) is 4.79 Å². The average Bonchev–Trinajstić information content (AvgIpc) is 2.32. The number of allylic oxidation sites excluding steroid dienone is 1. The molecular weight excluding hydrogens is 315 g/mol. The summed E-state index contributed by atoms with van der Waals surface area (Å²) in [6, 6.07) is 10.6. The maximum atomic E-state index is 12.0. The van der Waals surface area contributed by atoms with E-state index in [-0.39, 0.29) is 9.85 Å². The normalized spacial score (nSPS) is 26.9. The molecule has 0 amide bonds. The van der Waals surface area contributed by atoms with Gasteiger partial charge in [-0.25, -0.2) is 0 Å². The summed E-state index contributed by atoms with van der Waals surface area (Å²) >= 11 is 0.310. The van der Waals surface area contributed by atoms with Crippen LogP contribution in [0.4, 0.5) is 0 Å². The molecule has 1 aliphatic carbocycles. The van der Waals surface area contributed by atoms with E-state index < -0.39 is 8.07 Å². The molecule has 0 unspecified atom stereocenters. The van der Waals surface area contributed by atoms with E-state index in [2.05, 4.69) is 56.6 Å². The summed E-state index contributed by atoms with van der Waals surface area (Å²) in [7, 11) is -1.49. The molecule has 1 nitrogen and oxygen atoms in total. The first-order valence-corrected chi connectivity index (χ1v) is 11.9. The molecule has 0 aromatic heterocycles. The summed E-state index contributed by atoms with van der Waals surface area (Å²) in [4.78, 5) is 12.0. The minimum atomic E-state index is -1.49. The van der Waals surface area contributed by atoms with Crippen molar-refractivity contribution >= 4 is 33.3 Å². The number of hydrogen-bond acceptors (Lipinski definition) is 1. The summed E-state index contributed by atoms with van der Waals surface area (Å²) in [6.45, 7) is 13.2. The molecule has 2 rings (SSSR count). The third-order valence-electron chi connectivity index (χ3n) is 4.09. The summed E-state index contributed by atoms with van der Waals surface area (Å²) in [5.41, 5.74) is 1.33. The Labute approximate surface area is 123 Å². The van der Waals surface area contributed by atoms with Crippen molar-refractivity contribution in [3.8, 4) is 0 Å². The Morgan fingerprint density at radius 1 is 1.32 bits per heavy atom. The Hall–Kier alpha value is -0.634. The molecule has 0 radical (unpaired) electrons.